The zero-order valence-electron chi connectivity index (χ0n) is 15.1. The molecule has 0 saturated carbocycles. The minimum absolute atomic E-state index is 0.0238. The Hall–Kier alpha value is -2.87. The molecule has 0 bridgehead atoms. The number of carbonyl (C=O) groups is 1. The smallest absolute Gasteiger partial charge is 0.438 e. The molecule has 0 aromatic heterocycles. The van der Waals surface area contributed by atoms with Crippen LogP contribution < -0.4 is 4.74 Å². The van der Waals surface area contributed by atoms with E-state index in [4.69, 9.17) is 4.74 Å². The fraction of sp³-hybridized carbons (Fsp3) is 0.300. The molecule has 1 aliphatic heterocycles. The van der Waals surface area contributed by atoms with Gasteiger partial charge in [0.05, 0.1) is 25.2 Å². The van der Waals surface area contributed by atoms with Crippen LogP contribution in [0.25, 0.3) is 0 Å². The minimum atomic E-state index is -5.06. The van der Waals surface area contributed by atoms with Crippen LogP contribution in [0.2, 0.25) is 0 Å². The second-order valence-corrected chi connectivity index (χ2v) is 6.36. The summed E-state index contributed by atoms with van der Waals surface area (Å²) in [6.07, 6.45) is -6.21. The lowest BCUT2D eigenvalue weighted by molar-refractivity contribution is -0.302. The van der Waals surface area contributed by atoms with E-state index in [9.17, 15) is 23.1 Å². The minimum Gasteiger partial charge on any atom is -0.494 e. The number of hydrogen-bond donors (Lipinski definition) is 1. The van der Waals surface area contributed by atoms with Crippen molar-refractivity contribution in [2.24, 2.45) is 5.10 Å². The van der Waals surface area contributed by atoms with E-state index in [0.29, 0.717) is 23.5 Å². The van der Waals surface area contributed by atoms with Gasteiger partial charge in [0.2, 0.25) is 5.91 Å². The number of amides is 1. The molecule has 1 heterocycles. The molecule has 3 rings (SSSR count). The summed E-state index contributed by atoms with van der Waals surface area (Å²) in [4.78, 5) is 12.5. The first-order valence-corrected chi connectivity index (χ1v) is 8.71. The maximum Gasteiger partial charge on any atom is 0.438 e. The summed E-state index contributed by atoms with van der Waals surface area (Å²) in [5, 5.41) is 14.3. The highest BCUT2D eigenvalue weighted by atomic mass is 19.4. The van der Waals surface area contributed by atoms with Crippen molar-refractivity contribution in [3.05, 3.63) is 65.7 Å². The topological polar surface area (TPSA) is 62.1 Å². The lowest BCUT2D eigenvalue weighted by atomic mass is 10.0. The summed E-state index contributed by atoms with van der Waals surface area (Å²) in [7, 11) is 0. The maximum atomic E-state index is 13.6. The Morgan fingerprint density at radius 1 is 1.18 bits per heavy atom. The largest absolute Gasteiger partial charge is 0.494 e. The number of aliphatic hydroxyl groups is 1. The molecule has 0 saturated heterocycles. The third-order valence-corrected chi connectivity index (χ3v) is 4.37. The van der Waals surface area contributed by atoms with Gasteiger partial charge in [-0.1, -0.05) is 30.3 Å². The fourth-order valence-electron chi connectivity index (χ4n) is 2.94. The zero-order chi connectivity index (χ0) is 20.4. The molecular formula is C20H19F3N2O3. The van der Waals surface area contributed by atoms with Crippen LogP contribution in [0.15, 0.2) is 59.7 Å². The van der Waals surface area contributed by atoms with Gasteiger partial charge in [-0.15, -0.1) is 0 Å². The highest BCUT2D eigenvalue weighted by Crippen LogP contribution is 2.41. The molecule has 2 aromatic carbocycles. The van der Waals surface area contributed by atoms with Crippen molar-refractivity contribution in [2.75, 3.05) is 6.61 Å². The van der Waals surface area contributed by atoms with Crippen molar-refractivity contribution in [3.8, 4) is 5.75 Å². The number of benzene rings is 2. The summed E-state index contributed by atoms with van der Waals surface area (Å²) in [5.74, 6) is -0.375. The number of rotatable bonds is 5. The molecule has 0 fully saturated rings. The van der Waals surface area contributed by atoms with E-state index in [1.807, 2.05) is 6.92 Å². The standard InChI is InChI=1S/C20H19F3N2O3/c1-2-28-16-10-8-15(9-11-16)17-13-19(27,20(21,22)23)25(24-17)18(26)12-14-6-4-3-5-7-14/h3-11,27H,2,12-13H2,1H3/t19-/m1/s1. The van der Waals surface area contributed by atoms with Gasteiger partial charge < -0.3 is 9.84 Å². The molecule has 1 N–H and O–H groups in total. The summed E-state index contributed by atoms with van der Waals surface area (Å²) in [6, 6.07) is 14.6. The van der Waals surface area contributed by atoms with Crippen LogP contribution in [-0.2, 0) is 11.2 Å². The van der Waals surface area contributed by atoms with Crippen molar-refractivity contribution >= 4 is 11.6 Å². The Labute approximate surface area is 160 Å². The first-order chi connectivity index (χ1) is 13.2. The van der Waals surface area contributed by atoms with Gasteiger partial charge in [0.25, 0.3) is 5.72 Å². The Bertz CT molecular complexity index is 867. The van der Waals surface area contributed by atoms with Crippen molar-refractivity contribution in [1.29, 1.82) is 0 Å². The van der Waals surface area contributed by atoms with E-state index in [0.717, 1.165) is 0 Å². The van der Waals surface area contributed by atoms with Crippen molar-refractivity contribution < 1.29 is 27.8 Å². The molecule has 0 radical (unpaired) electrons. The number of hydrogen-bond acceptors (Lipinski definition) is 4. The number of alkyl halides is 3. The van der Waals surface area contributed by atoms with Crippen LogP contribution in [0.1, 0.15) is 24.5 Å². The Morgan fingerprint density at radius 3 is 2.39 bits per heavy atom. The second kappa shape index (κ2) is 7.63. The van der Waals surface area contributed by atoms with Gasteiger partial charge in [-0.2, -0.15) is 23.3 Å². The molecule has 0 spiro atoms. The molecule has 1 aliphatic rings. The van der Waals surface area contributed by atoms with Gasteiger partial charge in [0.1, 0.15) is 5.75 Å². The molecule has 5 nitrogen and oxygen atoms in total. The number of carbonyl (C=O) groups excluding carboxylic acids is 1. The van der Waals surface area contributed by atoms with E-state index < -0.39 is 24.2 Å². The molecule has 0 unspecified atom stereocenters. The number of nitrogens with zero attached hydrogens (tertiary/aromatic N) is 2. The Kier molecular flexibility index (Phi) is 5.42. The van der Waals surface area contributed by atoms with Crippen molar-refractivity contribution in [3.63, 3.8) is 0 Å². The molecular weight excluding hydrogens is 373 g/mol. The van der Waals surface area contributed by atoms with E-state index in [2.05, 4.69) is 5.10 Å². The zero-order valence-corrected chi connectivity index (χ0v) is 15.1. The third kappa shape index (κ3) is 3.87. The van der Waals surface area contributed by atoms with Gasteiger partial charge in [0, 0.05) is 0 Å². The van der Waals surface area contributed by atoms with Crippen molar-refractivity contribution in [2.45, 2.75) is 31.7 Å². The summed E-state index contributed by atoms with van der Waals surface area (Å²) in [6.45, 7) is 2.27. The van der Waals surface area contributed by atoms with Crippen LogP contribution in [0.4, 0.5) is 13.2 Å². The number of hydrazone groups is 1. The highest BCUT2D eigenvalue weighted by Gasteiger charge is 2.63. The van der Waals surface area contributed by atoms with Crippen LogP contribution >= 0.6 is 0 Å². The monoisotopic (exact) mass is 392 g/mol. The van der Waals surface area contributed by atoms with Crippen LogP contribution in [0, 0.1) is 0 Å². The van der Waals surface area contributed by atoms with E-state index in [1.54, 1.807) is 54.6 Å². The number of ether oxygens (including phenoxy) is 1. The van der Waals surface area contributed by atoms with Gasteiger partial charge in [-0.05, 0) is 42.3 Å². The maximum absolute atomic E-state index is 13.6. The van der Waals surface area contributed by atoms with Crippen LogP contribution in [0.5, 0.6) is 5.75 Å². The van der Waals surface area contributed by atoms with Gasteiger partial charge in [-0.25, -0.2) is 0 Å². The first kappa shape index (κ1) is 19.9. The molecule has 148 valence electrons. The predicted octanol–water partition coefficient (Wildman–Crippen LogP) is 3.52. The van der Waals surface area contributed by atoms with Crippen molar-refractivity contribution in [1.82, 2.24) is 5.01 Å². The molecule has 1 amide bonds. The lowest BCUT2D eigenvalue weighted by Gasteiger charge is -2.32. The molecule has 8 heteroatoms. The predicted molar refractivity (Wildman–Crippen MR) is 96.8 cm³/mol. The molecule has 0 aliphatic carbocycles. The van der Waals surface area contributed by atoms with E-state index in [-0.39, 0.29) is 17.1 Å². The number of halogens is 3. The lowest BCUT2D eigenvalue weighted by Crippen LogP contribution is -2.57. The molecule has 2 aromatic rings. The van der Waals surface area contributed by atoms with Gasteiger partial charge in [0.15, 0.2) is 0 Å². The Morgan fingerprint density at radius 2 is 1.82 bits per heavy atom. The van der Waals surface area contributed by atoms with E-state index in [1.165, 1.54) is 0 Å². The first-order valence-electron chi connectivity index (χ1n) is 8.71. The van der Waals surface area contributed by atoms with E-state index >= 15 is 0 Å². The van der Waals surface area contributed by atoms with Gasteiger partial charge in [-0.3, -0.25) is 4.79 Å². The summed E-state index contributed by atoms with van der Waals surface area (Å²) < 4.78 is 46.1. The van der Waals surface area contributed by atoms with Crippen LogP contribution in [0.3, 0.4) is 0 Å². The Balaban J connectivity index is 1.90. The van der Waals surface area contributed by atoms with Gasteiger partial charge >= 0.3 is 6.18 Å². The average Bonchev–Trinajstić information content (AvgIpc) is 3.02. The second-order valence-electron chi connectivity index (χ2n) is 6.36. The third-order valence-electron chi connectivity index (χ3n) is 4.37. The molecule has 28 heavy (non-hydrogen) atoms. The highest BCUT2D eigenvalue weighted by molar-refractivity contribution is 6.03. The average molecular weight is 392 g/mol. The summed E-state index contributed by atoms with van der Waals surface area (Å²) >= 11 is 0. The fourth-order valence-corrected chi connectivity index (χ4v) is 2.94. The normalized spacial score (nSPS) is 19.5. The summed E-state index contributed by atoms with van der Waals surface area (Å²) in [5.41, 5.74) is -2.50. The van der Waals surface area contributed by atoms with Crippen LogP contribution in [-0.4, -0.2) is 40.2 Å². The SMILES string of the molecule is CCOc1ccc(C2=NN(C(=O)Cc3ccccc3)[C@](O)(C(F)(F)F)C2)cc1. The molecule has 1 atom stereocenters. The quantitative estimate of drug-likeness (QED) is 0.847.